The maximum Gasteiger partial charge on any atom is 0.255 e. The number of anilines is 2. The number of benzene rings is 2. The van der Waals surface area contributed by atoms with Crippen molar-refractivity contribution in [2.24, 2.45) is 5.14 Å². The van der Waals surface area contributed by atoms with E-state index in [-0.39, 0.29) is 10.8 Å². The second kappa shape index (κ2) is 8.83. The van der Waals surface area contributed by atoms with Crippen molar-refractivity contribution in [3.8, 4) is 11.3 Å². The molecule has 0 aliphatic carbocycles. The summed E-state index contributed by atoms with van der Waals surface area (Å²) < 4.78 is 22.6. The minimum Gasteiger partial charge on any atom is -0.355 e. The number of carbonyl (C=O) groups excluding carboxylic acids is 1. The molecule has 1 aromatic heterocycles. The molecule has 0 radical (unpaired) electrons. The SMILES string of the molecule is NS(=O)(=O)c1ccc(C(=O)Nc2ccc(-c3ccc(N4CCCCC4)nn3)cc2)cc1. The van der Waals surface area contributed by atoms with Gasteiger partial charge in [0.2, 0.25) is 10.0 Å². The van der Waals surface area contributed by atoms with Crippen LogP contribution in [-0.2, 0) is 10.0 Å². The van der Waals surface area contributed by atoms with E-state index in [4.69, 9.17) is 5.14 Å². The summed E-state index contributed by atoms with van der Waals surface area (Å²) >= 11 is 0. The Hall–Kier alpha value is -3.30. The first-order valence-electron chi connectivity index (χ1n) is 10.0. The van der Waals surface area contributed by atoms with Crippen molar-refractivity contribution in [2.45, 2.75) is 24.2 Å². The van der Waals surface area contributed by atoms with Crippen molar-refractivity contribution in [3.05, 3.63) is 66.2 Å². The predicted molar refractivity (Wildman–Crippen MR) is 119 cm³/mol. The fourth-order valence-electron chi connectivity index (χ4n) is 3.49. The van der Waals surface area contributed by atoms with Crippen molar-refractivity contribution >= 4 is 27.4 Å². The maximum absolute atomic E-state index is 12.4. The summed E-state index contributed by atoms with van der Waals surface area (Å²) in [5.41, 5.74) is 2.60. The van der Waals surface area contributed by atoms with E-state index >= 15 is 0 Å². The van der Waals surface area contributed by atoms with Crippen molar-refractivity contribution in [1.82, 2.24) is 10.2 Å². The van der Waals surface area contributed by atoms with Crippen LogP contribution in [0.4, 0.5) is 11.5 Å². The quantitative estimate of drug-likeness (QED) is 0.633. The van der Waals surface area contributed by atoms with E-state index in [1.54, 1.807) is 12.1 Å². The maximum atomic E-state index is 12.4. The predicted octanol–water partition coefficient (Wildman–Crippen LogP) is 3.03. The molecule has 2 aromatic carbocycles. The summed E-state index contributed by atoms with van der Waals surface area (Å²) in [4.78, 5) is 14.6. The molecule has 2 heterocycles. The van der Waals surface area contributed by atoms with Crippen LogP contribution in [0.3, 0.4) is 0 Å². The molecule has 3 N–H and O–H groups in total. The van der Waals surface area contributed by atoms with Crippen LogP contribution in [0.25, 0.3) is 11.3 Å². The number of amides is 1. The number of nitrogens with zero attached hydrogens (tertiary/aromatic N) is 3. The van der Waals surface area contributed by atoms with E-state index in [1.165, 1.54) is 43.5 Å². The number of nitrogens with one attached hydrogen (secondary N) is 1. The number of nitrogens with two attached hydrogens (primary N) is 1. The summed E-state index contributed by atoms with van der Waals surface area (Å²) in [6.45, 7) is 2.04. The lowest BCUT2D eigenvalue weighted by atomic mass is 10.1. The molecule has 1 aliphatic rings. The number of carbonyl (C=O) groups is 1. The van der Waals surface area contributed by atoms with Crippen LogP contribution in [-0.4, -0.2) is 37.6 Å². The number of hydrogen-bond acceptors (Lipinski definition) is 6. The fraction of sp³-hybridized carbons (Fsp3) is 0.227. The van der Waals surface area contributed by atoms with Crippen LogP contribution in [0.5, 0.6) is 0 Å². The zero-order chi connectivity index (χ0) is 21.8. The Balaban J connectivity index is 1.41. The molecule has 31 heavy (non-hydrogen) atoms. The lowest BCUT2D eigenvalue weighted by Gasteiger charge is -2.27. The highest BCUT2D eigenvalue weighted by Crippen LogP contribution is 2.22. The molecule has 0 bridgehead atoms. The standard InChI is InChI=1S/C22H23N5O3S/c23-31(29,30)19-10-6-17(7-11-19)22(28)24-18-8-4-16(5-9-18)20-12-13-21(26-25-20)27-14-2-1-3-15-27/h4-13H,1-3,14-15H2,(H,24,28)(H2,23,29,30). The highest BCUT2D eigenvalue weighted by atomic mass is 32.2. The molecule has 1 fully saturated rings. The van der Waals surface area contributed by atoms with Crippen LogP contribution in [0.15, 0.2) is 65.6 Å². The van der Waals surface area contributed by atoms with Gasteiger partial charge in [-0.05, 0) is 67.8 Å². The molecule has 0 unspecified atom stereocenters. The Morgan fingerprint density at radius 2 is 1.55 bits per heavy atom. The zero-order valence-electron chi connectivity index (χ0n) is 16.9. The van der Waals surface area contributed by atoms with Crippen molar-refractivity contribution in [2.75, 3.05) is 23.3 Å². The van der Waals surface area contributed by atoms with Gasteiger partial charge in [-0.25, -0.2) is 13.6 Å². The number of piperidine rings is 1. The molecule has 1 amide bonds. The normalized spacial score (nSPS) is 14.3. The Labute approximate surface area is 181 Å². The van der Waals surface area contributed by atoms with E-state index in [0.717, 1.165) is 30.2 Å². The monoisotopic (exact) mass is 437 g/mol. The first-order valence-corrected chi connectivity index (χ1v) is 11.6. The van der Waals surface area contributed by atoms with Crippen molar-refractivity contribution in [1.29, 1.82) is 0 Å². The summed E-state index contributed by atoms with van der Waals surface area (Å²) in [6.07, 6.45) is 3.64. The van der Waals surface area contributed by atoms with Gasteiger partial charge in [-0.1, -0.05) is 12.1 Å². The molecule has 160 valence electrons. The summed E-state index contributed by atoms with van der Waals surface area (Å²) in [5, 5.41) is 16.6. The van der Waals surface area contributed by atoms with Crippen LogP contribution in [0, 0.1) is 0 Å². The van der Waals surface area contributed by atoms with E-state index in [2.05, 4.69) is 20.4 Å². The van der Waals surface area contributed by atoms with Gasteiger partial charge < -0.3 is 10.2 Å². The molecule has 9 heteroatoms. The van der Waals surface area contributed by atoms with Crippen molar-refractivity contribution in [3.63, 3.8) is 0 Å². The number of rotatable bonds is 5. The third kappa shape index (κ3) is 5.07. The van der Waals surface area contributed by atoms with Gasteiger partial charge in [-0.2, -0.15) is 0 Å². The molecule has 0 atom stereocenters. The topological polar surface area (TPSA) is 118 Å². The van der Waals surface area contributed by atoms with Gasteiger partial charge in [-0.15, -0.1) is 10.2 Å². The molecule has 3 aromatic rings. The Morgan fingerprint density at radius 3 is 2.13 bits per heavy atom. The molecular weight excluding hydrogens is 414 g/mol. The molecule has 1 saturated heterocycles. The van der Waals surface area contributed by atoms with Crippen LogP contribution in [0.2, 0.25) is 0 Å². The van der Waals surface area contributed by atoms with Gasteiger partial charge in [0.25, 0.3) is 5.91 Å². The number of aromatic nitrogens is 2. The summed E-state index contributed by atoms with van der Waals surface area (Å²) in [7, 11) is -3.79. The van der Waals surface area contributed by atoms with Gasteiger partial charge in [-0.3, -0.25) is 4.79 Å². The van der Waals surface area contributed by atoms with E-state index in [1.807, 2.05) is 24.3 Å². The molecule has 1 aliphatic heterocycles. The van der Waals surface area contributed by atoms with Crippen molar-refractivity contribution < 1.29 is 13.2 Å². The highest BCUT2D eigenvalue weighted by Gasteiger charge is 2.13. The largest absolute Gasteiger partial charge is 0.355 e. The molecule has 0 saturated carbocycles. The van der Waals surface area contributed by atoms with Gasteiger partial charge in [0, 0.05) is 29.9 Å². The molecule has 4 rings (SSSR count). The molecule has 8 nitrogen and oxygen atoms in total. The van der Waals surface area contributed by atoms with E-state index in [9.17, 15) is 13.2 Å². The van der Waals surface area contributed by atoms with Gasteiger partial charge >= 0.3 is 0 Å². The first kappa shape index (κ1) is 21.0. The Morgan fingerprint density at radius 1 is 0.871 bits per heavy atom. The first-order chi connectivity index (χ1) is 14.9. The number of primary sulfonamides is 1. The summed E-state index contributed by atoms with van der Waals surface area (Å²) in [5.74, 6) is 0.556. The Bertz CT molecular complexity index is 1160. The third-order valence-electron chi connectivity index (χ3n) is 5.21. The van der Waals surface area contributed by atoms with Gasteiger partial charge in [0.15, 0.2) is 5.82 Å². The fourth-order valence-corrected chi connectivity index (χ4v) is 4.01. The smallest absolute Gasteiger partial charge is 0.255 e. The van der Waals surface area contributed by atoms with E-state index in [0.29, 0.717) is 11.3 Å². The summed E-state index contributed by atoms with van der Waals surface area (Å²) in [6, 6.07) is 16.7. The minimum absolute atomic E-state index is 0.0409. The second-order valence-electron chi connectivity index (χ2n) is 7.43. The van der Waals surface area contributed by atoms with Crippen LogP contribution < -0.4 is 15.4 Å². The average Bonchev–Trinajstić information content (AvgIpc) is 2.80. The van der Waals surface area contributed by atoms with E-state index < -0.39 is 10.0 Å². The van der Waals surface area contributed by atoms with Crippen LogP contribution in [0.1, 0.15) is 29.6 Å². The van der Waals surface area contributed by atoms with Gasteiger partial charge in [0.1, 0.15) is 0 Å². The Kier molecular flexibility index (Phi) is 5.97. The molecule has 0 spiro atoms. The number of sulfonamides is 1. The lowest BCUT2D eigenvalue weighted by molar-refractivity contribution is 0.102. The number of hydrogen-bond donors (Lipinski definition) is 2. The zero-order valence-corrected chi connectivity index (χ0v) is 17.7. The minimum atomic E-state index is -3.79. The second-order valence-corrected chi connectivity index (χ2v) is 8.99. The third-order valence-corrected chi connectivity index (χ3v) is 6.14. The highest BCUT2D eigenvalue weighted by molar-refractivity contribution is 7.89. The lowest BCUT2D eigenvalue weighted by Crippen LogP contribution is -2.30. The van der Waals surface area contributed by atoms with Gasteiger partial charge in [0.05, 0.1) is 10.6 Å². The van der Waals surface area contributed by atoms with Crippen LogP contribution >= 0.6 is 0 Å². The average molecular weight is 438 g/mol. The molecular formula is C22H23N5O3S.